The van der Waals surface area contributed by atoms with Crippen molar-refractivity contribution in [1.82, 2.24) is 5.32 Å². The van der Waals surface area contributed by atoms with Crippen molar-refractivity contribution in [3.8, 4) is 0 Å². The van der Waals surface area contributed by atoms with Crippen LogP contribution in [0.2, 0.25) is 0 Å². The standard InChI is InChI=1S/C19H24N2O/c1-14-4-3-5-17(10-14)19(22)13-20-12-15-6-7-18-16(11-15)8-9-21(18)2/h3-7,10-11,19-20,22H,8-9,12-13H2,1-2H3. The highest BCUT2D eigenvalue weighted by atomic mass is 16.3. The van der Waals surface area contributed by atoms with Gasteiger partial charge in [-0.15, -0.1) is 0 Å². The maximum Gasteiger partial charge on any atom is 0.0914 e. The van der Waals surface area contributed by atoms with Crippen molar-refractivity contribution in [2.75, 3.05) is 25.0 Å². The number of hydrogen-bond donors (Lipinski definition) is 2. The van der Waals surface area contributed by atoms with E-state index in [1.807, 2.05) is 31.2 Å². The molecule has 2 N–H and O–H groups in total. The molecule has 22 heavy (non-hydrogen) atoms. The van der Waals surface area contributed by atoms with Gasteiger partial charge in [0.25, 0.3) is 0 Å². The fourth-order valence-corrected chi connectivity index (χ4v) is 3.08. The van der Waals surface area contributed by atoms with Crippen molar-refractivity contribution in [2.24, 2.45) is 0 Å². The summed E-state index contributed by atoms with van der Waals surface area (Å²) in [5.74, 6) is 0. The van der Waals surface area contributed by atoms with Gasteiger partial charge in [-0.1, -0.05) is 42.0 Å². The smallest absolute Gasteiger partial charge is 0.0914 e. The molecule has 0 saturated heterocycles. The molecule has 3 heteroatoms. The van der Waals surface area contributed by atoms with E-state index in [-0.39, 0.29) is 0 Å². The first-order valence-corrected chi connectivity index (χ1v) is 7.92. The highest BCUT2D eigenvalue weighted by Crippen LogP contribution is 2.27. The van der Waals surface area contributed by atoms with Crippen LogP contribution in [0.15, 0.2) is 42.5 Å². The van der Waals surface area contributed by atoms with Crippen molar-refractivity contribution in [3.05, 3.63) is 64.7 Å². The molecule has 1 aliphatic rings. The number of rotatable bonds is 5. The van der Waals surface area contributed by atoms with Gasteiger partial charge < -0.3 is 15.3 Å². The number of likely N-dealkylation sites (N-methyl/N-ethyl adjacent to an activating group) is 1. The van der Waals surface area contributed by atoms with Crippen LogP contribution in [0.4, 0.5) is 5.69 Å². The maximum absolute atomic E-state index is 10.2. The Bertz CT molecular complexity index is 654. The van der Waals surface area contributed by atoms with Gasteiger partial charge in [-0.3, -0.25) is 0 Å². The minimum absolute atomic E-state index is 0.458. The van der Waals surface area contributed by atoms with E-state index < -0.39 is 6.10 Å². The number of benzene rings is 2. The van der Waals surface area contributed by atoms with Gasteiger partial charge in [-0.2, -0.15) is 0 Å². The fourth-order valence-electron chi connectivity index (χ4n) is 3.08. The zero-order chi connectivity index (χ0) is 15.5. The lowest BCUT2D eigenvalue weighted by atomic mass is 10.1. The molecule has 0 aromatic heterocycles. The van der Waals surface area contributed by atoms with E-state index in [0.29, 0.717) is 6.54 Å². The van der Waals surface area contributed by atoms with Gasteiger partial charge in [0.05, 0.1) is 6.10 Å². The van der Waals surface area contributed by atoms with Gasteiger partial charge in [0.2, 0.25) is 0 Å². The lowest BCUT2D eigenvalue weighted by Gasteiger charge is -2.14. The third kappa shape index (κ3) is 3.32. The molecule has 1 heterocycles. The summed E-state index contributed by atoms with van der Waals surface area (Å²) in [5, 5.41) is 13.6. The van der Waals surface area contributed by atoms with Gasteiger partial charge in [-0.05, 0) is 36.1 Å². The Morgan fingerprint density at radius 2 is 2.09 bits per heavy atom. The number of nitrogens with zero attached hydrogens (tertiary/aromatic N) is 1. The van der Waals surface area contributed by atoms with E-state index >= 15 is 0 Å². The molecule has 0 bridgehead atoms. The highest BCUT2D eigenvalue weighted by molar-refractivity contribution is 5.58. The quantitative estimate of drug-likeness (QED) is 0.890. The Morgan fingerprint density at radius 1 is 1.23 bits per heavy atom. The summed E-state index contributed by atoms with van der Waals surface area (Å²) in [4.78, 5) is 2.30. The molecule has 0 radical (unpaired) electrons. The van der Waals surface area contributed by atoms with Crippen molar-refractivity contribution in [2.45, 2.75) is 26.0 Å². The first-order chi connectivity index (χ1) is 10.6. The number of aryl methyl sites for hydroxylation is 1. The van der Waals surface area contributed by atoms with Crippen LogP contribution in [0.3, 0.4) is 0 Å². The summed E-state index contributed by atoms with van der Waals surface area (Å²) in [5.41, 5.74) is 6.22. The zero-order valence-electron chi connectivity index (χ0n) is 13.3. The zero-order valence-corrected chi connectivity index (χ0v) is 13.3. The fraction of sp³-hybridized carbons (Fsp3) is 0.368. The summed E-state index contributed by atoms with van der Waals surface area (Å²) in [6.45, 7) is 4.52. The van der Waals surface area contributed by atoms with Gasteiger partial charge in [0, 0.05) is 32.4 Å². The Hall–Kier alpha value is -1.84. The van der Waals surface area contributed by atoms with Crippen LogP contribution >= 0.6 is 0 Å². The lowest BCUT2D eigenvalue weighted by Crippen LogP contribution is -2.21. The number of hydrogen-bond acceptors (Lipinski definition) is 3. The van der Waals surface area contributed by atoms with E-state index in [1.54, 1.807) is 0 Å². The van der Waals surface area contributed by atoms with E-state index in [0.717, 1.165) is 25.1 Å². The molecule has 1 unspecified atom stereocenters. The third-order valence-electron chi connectivity index (χ3n) is 4.37. The molecule has 116 valence electrons. The monoisotopic (exact) mass is 296 g/mol. The second-order valence-corrected chi connectivity index (χ2v) is 6.20. The molecule has 3 nitrogen and oxygen atoms in total. The molecular weight excluding hydrogens is 272 g/mol. The molecular formula is C19H24N2O. The Morgan fingerprint density at radius 3 is 2.91 bits per heavy atom. The second-order valence-electron chi connectivity index (χ2n) is 6.20. The lowest BCUT2D eigenvalue weighted by molar-refractivity contribution is 0.174. The van der Waals surface area contributed by atoms with E-state index in [9.17, 15) is 5.11 Å². The summed E-state index contributed by atoms with van der Waals surface area (Å²) in [7, 11) is 2.14. The average Bonchev–Trinajstić information content (AvgIpc) is 2.88. The van der Waals surface area contributed by atoms with Gasteiger partial charge in [-0.25, -0.2) is 0 Å². The SMILES string of the molecule is Cc1cccc(C(O)CNCc2ccc3c(c2)CCN3C)c1. The van der Waals surface area contributed by atoms with E-state index in [1.165, 1.54) is 22.4 Å². The number of fused-ring (bicyclic) bond motifs is 1. The number of aliphatic hydroxyl groups excluding tert-OH is 1. The first-order valence-electron chi connectivity index (χ1n) is 7.92. The van der Waals surface area contributed by atoms with Gasteiger partial charge >= 0.3 is 0 Å². The van der Waals surface area contributed by atoms with Crippen LogP contribution in [0, 0.1) is 6.92 Å². The van der Waals surface area contributed by atoms with Crippen LogP contribution in [0.5, 0.6) is 0 Å². The summed E-state index contributed by atoms with van der Waals surface area (Å²) >= 11 is 0. The Kier molecular flexibility index (Phi) is 4.46. The van der Waals surface area contributed by atoms with Crippen LogP contribution in [0.25, 0.3) is 0 Å². The van der Waals surface area contributed by atoms with E-state index in [2.05, 4.69) is 35.5 Å². The van der Waals surface area contributed by atoms with Crippen molar-refractivity contribution in [3.63, 3.8) is 0 Å². The molecule has 3 rings (SSSR count). The summed E-state index contributed by atoms with van der Waals surface area (Å²) in [6, 6.07) is 14.7. The molecule has 0 fully saturated rings. The molecule has 0 amide bonds. The second kappa shape index (κ2) is 6.51. The van der Waals surface area contributed by atoms with Crippen LogP contribution in [0.1, 0.15) is 28.4 Å². The van der Waals surface area contributed by atoms with Crippen molar-refractivity contribution >= 4 is 5.69 Å². The third-order valence-corrected chi connectivity index (χ3v) is 4.37. The molecule has 0 aliphatic carbocycles. The topological polar surface area (TPSA) is 35.5 Å². The molecule has 2 aromatic rings. The highest BCUT2D eigenvalue weighted by Gasteiger charge is 2.15. The normalized spacial score (nSPS) is 15.0. The van der Waals surface area contributed by atoms with Crippen LogP contribution in [-0.2, 0) is 13.0 Å². The number of nitrogens with one attached hydrogen (secondary N) is 1. The number of anilines is 1. The molecule has 0 saturated carbocycles. The average molecular weight is 296 g/mol. The minimum Gasteiger partial charge on any atom is -0.387 e. The number of aliphatic hydroxyl groups is 1. The Balaban J connectivity index is 1.55. The summed E-state index contributed by atoms with van der Waals surface area (Å²) < 4.78 is 0. The van der Waals surface area contributed by atoms with Crippen LogP contribution in [-0.4, -0.2) is 25.2 Å². The molecule has 1 aliphatic heterocycles. The molecule has 2 aromatic carbocycles. The predicted octanol–water partition coefficient (Wildman–Crippen LogP) is 2.81. The summed E-state index contributed by atoms with van der Waals surface area (Å²) in [6.07, 6.45) is 0.673. The van der Waals surface area contributed by atoms with Gasteiger partial charge in [0.15, 0.2) is 0 Å². The Labute approximate surface area is 132 Å². The van der Waals surface area contributed by atoms with E-state index in [4.69, 9.17) is 0 Å². The molecule has 0 spiro atoms. The van der Waals surface area contributed by atoms with Crippen LogP contribution < -0.4 is 10.2 Å². The largest absolute Gasteiger partial charge is 0.387 e. The van der Waals surface area contributed by atoms with Crippen molar-refractivity contribution < 1.29 is 5.11 Å². The molecule has 1 atom stereocenters. The van der Waals surface area contributed by atoms with Crippen molar-refractivity contribution in [1.29, 1.82) is 0 Å². The first kappa shape index (κ1) is 15.1. The maximum atomic E-state index is 10.2. The predicted molar refractivity (Wildman–Crippen MR) is 91.3 cm³/mol. The van der Waals surface area contributed by atoms with Gasteiger partial charge in [0.1, 0.15) is 0 Å². The minimum atomic E-state index is -0.458.